The van der Waals surface area contributed by atoms with Gasteiger partial charge >= 0.3 is 0 Å². The van der Waals surface area contributed by atoms with E-state index in [2.05, 4.69) is 5.32 Å². The van der Waals surface area contributed by atoms with Gasteiger partial charge in [0.1, 0.15) is 18.1 Å². The quantitative estimate of drug-likeness (QED) is 0.790. The van der Waals surface area contributed by atoms with E-state index in [0.29, 0.717) is 30.4 Å². The first-order chi connectivity index (χ1) is 11.7. The fourth-order valence-corrected chi connectivity index (χ4v) is 2.21. The topological polar surface area (TPSA) is 66.0 Å². The van der Waals surface area contributed by atoms with Crippen molar-refractivity contribution in [2.24, 2.45) is 0 Å². The van der Waals surface area contributed by atoms with Gasteiger partial charge in [0.2, 0.25) is 6.79 Å². The highest BCUT2D eigenvalue weighted by Crippen LogP contribution is 2.35. The van der Waals surface area contributed by atoms with Gasteiger partial charge in [0, 0.05) is 6.07 Å². The fourth-order valence-electron chi connectivity index (χ4n) is 2.21. The Kier molecular flexibility index (Phi) is 5.05. The summed E-state index contributed by atoms with van der Waals surface area (Å²) in [7, 11) is 0. The molecule has 0 saturated heterocycles. The van der Waals surface area contributed by atoms with Gasteiger partial charge in [0.05, 0.1) is 6.54 Å². The predicted molar refractivity (Wildman–Crippen MR) is 87.6 cm³/mol. The summed E-state index contributed by atoms with van der Waals surface area (Å²) in [4.78, 5) is 12.0. The molecule has 1 aliphatic heterocycles. The van der Waals surface area contributed by atoms with Crippen molar-refractivity contribution in [2.45, 2.75) is 13.0 Å². The largest absolute Gasteiger partial charge is 0.492 e. The third-order valence-electron chi connectivity index (χ3n) is 3.44. The van der Waals surface area contributed by atoms with E-state index in [9.17, 15) is 4.79 Å². The van der Waals surface area contributed by atoms with Crippen LogP contribution >= 0.6 is 0 Å². The smallest absolute Gasteiger partial charge is 0.260 e. The molecule has 1 heterocycles. The first-order valence-electron chi connectivity index (χ1n) is 7.74. The summed E-state index contributed by atoms with van der Waals surface area (Å²) < 4.78 is 21.7. The SMILES string of the molecule is C[C@H](Oc1ccc2c(c1)OCO2)C(=O)NCCOc1ccccc1. The van der Waals surface area contributed by atoms with Crippen LogP contribution in [0.2, 0.25) is 0 Å². The molecule has 24 heavy (non-hydrogen) atoms. The minimum Gasteiger partial charge on any atom is -0.492 e. The number of ether oxygens (including phenoxy) is 4. The predicted octanol–water partition coefficient (Wildman–Crippen LogP) is 2.38. The number of carbonyl (C=O) groups excluding carboxylic acids is 1. The van der Waals surface area contributed by atoms with Gasteiger partial charge in [-0.2, -0.15) is 0 Å². The van der Waals surface area contributed by atoms with Crippen molar-refractivity contribution in [3.8, 4) is 23.0 Å². The van der Waals surface area contributed by atoms with Crippen molar-refractivity contribution < 1.29 is 23.7 Å². The molecule has 1 atom stereocenters. The average Bonchev–Trinajstić information content (AvgIpc) is 3.07. The molecule has 1 amide bonds. The second-order valence-corrected chi connectivity index (χ2v) is 5.23. The minimum atomic E-state index is -0.623. The number of hydrogen-bond donors (Lipinski definition) is 1. The number of para-hydroxylation sites is 1. The van der Waals surface area contributed by atoms with Crippen LogP contribution in [0.5, 0.6) is 23.0 Å². The molecule has 0 unspecified atom stereocenters. The zero-order valence-electron chi connectivity index (χ0n) is 13.4. The molecule has 1 aliphatic rings. The van der Waals surface area contributed by atoms with Crippen LogP contribution in [0.25, 0.3) is 0 Å². The maximum Gasteiger partial charge on any atom is 0.260 e. The maximum atomic E-state index is 12.0. The van der Waals surface area contributed by atoms with E-state index in [1.165, 1.54) is 0 Å². The number of hydrogen-bond acceptors (Lipinski definition) is 5. The number of rotatable bonds is 7. The Morgan fingerprint density at radius 1 is 1.12 bits per heavy atom. The van der Waals surface area contributed by atoms with Gasteiger partial charge in [-0.25, -0.2) is 0 Å². The van der Waals surface area contributed by atoms with Crippen molar-refractivity contribution >= 4 is 5.91 Å². The van der Waals surface area contributed by atoms with E-state index in [4.69, 9.17) is 18.9 Å². The summed E-state index contributed by atoms with van der Waals surface area (Å²) in [5.41, 5.74) is 0. The van der Waals surface area contributed by atoms with Crippen LogP contribution in [0.15, 0.2) is 48.5 Å². The lowest BCUT2D eigenvalue weighted by Crippen LogP contribution is -2.38. The first-order valence-corrected chi connectivity index (χ1v) is 7.74. The number of fused-ring (bicyclic) bond motifs is 1. The Labute approximate surface area is 140 Å². The van der Waals surface area contributed by atoms with Crippen molar-refractivity contribution in [1.29, 1.82) is 0 Å². The molecule has 1 N–H and O–H groups in total. The number of carbonyl (C=O) groups is 1. The van der Waals surface area contributed by atoms with Crippen LogP contribution < -0.4 is 24.3 Å². The van der Waals surface area contributed by atoms with Crippen LogP contribution in [-0.2, 0) is 4.79 Å². The molecule has 0 bridgehead atoms. The molecule has 6 nitrogen and oxygen atoms in total. The van der Waals surface area contributed by atoms with E-state index >= 15 is 0 Å². The van der Waals surface area contributed by atoms with Gasteiger partial charge in [-0.05, 0) is 31.2 Å². The molecule has 0 aliphatic carbocycles. The molecular weight excluding hydrogens is 310 g/mol. The van der Waals surface area contributed by atoms with E-state index in [-0.39, 0.29) is 12.7 Å². The Bertz CT molecular complexity index is 689. The highest BCUT2D eigenvalue weighted by molar-refractivity contribution is 5.80. The van der Waals surface area contributed by atoms with Gasteiger partial charge in [0.25, 0.3) is 5.91 Å². The standard InChI is InChI=1S/C18H19NO5/c1-13(24-15-7-8-16-17(11-15)23-12-22-16)18(20)19-9-10-21-14-5-3-2-4-6-14/h2-8,11,13H,9-10,12H2,1H3,(H,19,20)/t13-/m0/s1. The Hall–Kier alpha value is -2.89. The summed E-state index contributed by atoms with van der Waals surface area (Å²) >= 11 is 0. The monoisotopic (exact) mass is 329 g/mol. The first kappa shape index (κ1) is 16.0. The summed E-state index contributed by atoms with van der Waals surface area (Å²) in [5, 5.41) is 2.78. The van der Waals surface area contributed by atoms with Gasteiger partial charge in [-0.3, -0.25) is 4.79 Å². The van der Waals surface area contributed by atoms with E-state index < -0.39 is 6.10 Å². The lowest BCUT2D eigenvalue weighted by molar-refractivity contribution is -0.127. The molecule has 2 aromatic carbocycles. The molecule has 0 aromatic heterocycles. The Morgan fingerprint density at radius 3 is 2.75 bits per heavy atom. The molecular formula is C18H19NO5. The summed E-state index contributed by atoms with van der Waals surface area (Å²) in [6.45, 7) is 2.70. The van der Waals surface area contributed by atoms with Crippen molar-refractivity contribution in [1.82, 2.24) is 5.32 Å². The highest BCUT2D eigenvalue weighted by atomic mass is 16.7. The van der Waals surface area contributed by atoms with Crippen LogP contribution in [0, 0.1) is 0 Å². The van der Waals surface area contributed by atoms with E-state index in [1.54, 1.807) is 25.1 Å². The third-order valence-corrected chi connectivity index (χ3v) is 3.44. The lowest BCUT2D eigenvalue weighted by Gasteiger charge is -2.15. The molecule has 0 spiro atoms. The lowest BCUT2D eigenvalue weighted by atomic mass is 10.3. The van der Waals surface area contributed by atoms with Gasteiger partial charge in [-0.15, -0.1) is 0 Å². The Morgan fingerprint density at radius 2 is 1.92 bits per heavy atom. The van der Waals surface area contributed by atoms with Crippen molar-refractivity contribution in [3.63, 3.8) is 0 Å². The van der Waals surface area contributed by atoms with Gasteiger partial charge in [-0.1, -0.05) is 18.2 Å². The van der Waals surface area contributed by atoms with Crippen molar-refractivity contribution in [3.05, 3.63) is 48.5 Å². The summed E-state index contributed by atoms with van der Waals surface area (Å²) in [5.74, 6) is 2.43. The average molecular weight is 329 g/mol. The molecule has 0 radical (unpaired) electrons. The number of benzene rings is 2. The summed E-state index contributed by atoms with van der Waals surface area (Å²) in [6, 6.07) is 14.7. The number of amides is 1. The van der Waals surface area contributed by atoms with Gasteiger partial charge in [0.15, 0.2) is 17.6 Å². The maximum absolute atomic E-state index is 12.0. The number of nitrogens with one attached hydrogen (secondary N) is 1. The Balaban J connectivity index is 1.41. The van der Waals surface area contributed by atoms with Crippen molar-refractivity contribution in [2.75, 3.05) is 19.9 Å². The normalized spacial score (nSPS) is 13.2. The fraction of sp³-hybridized carbons (Fsp3) is 0.278. The van der Waals surface area contributed by atoms with E-state index in [0.717, 1.165) is 5.75 Å². The van der Waals surface area contributed by atoms with Gasteiger partial charge < -0.3 is 24.3 Å². The molecule has 0 fully saturated rings. The third kappa shape index (κ3) is 4.10. The minimum absolute atomic E-state index is 0.204. The zero-order valence-corrected chi connectivity index (χ0v) is 13.4. The second kappa shape index (κ2) is 7.59. The van der Waals surface area contributed by atoms with E-state index in [1.807, 2.05) is 30.3 Å². The highest BCUT2D eigenvalue weighted by Gasteiger charge is 2.17. The zero-order chi connectivity index (χ0) is 16.8. The molecule has 2 aromatic rings. The van der Waals surface area contributed by atoms with Crippen LogP contribution in [0.4, 0.5) is 0 Å². The van der Waals surface area contributed by atoms with Crippen LogP contribution in [0.3, 0.4) is 0 Å². The molecule has 6 heteroatoms. The summed E-state index contributed by atoms with van der Waals surface area (Å²) in [6.07, 6.45) is -0.623. The molecule has 126 valence electrons. The van der Waals surface area contributed by atoms with Crippen LogP contribution in [-0.4, -0.2) is 32.0 Å². The van der Waals surface area contributed by atoms with Crippen LogP contribution in [0.1, 0.15) is 6.92 Å². The molecule has 3 rings (SSSR count). The second-order valence-electron chi connectivity index (χ2n) is 5.23. The molecule has 0 saturated carbocycles.